The second-order valence-electron chi connectivity index (χ2n) is 0.647. The van der Waals surface area contributed by atoms with Gasteiger partial charge in [-0.2, -0.15) is 0 Å². The SMILES string of the molecule is COP(C)O.[Y]. The summed E-state index contributed by atoms with van der Waals surface area (Å²) in [5, 5.41) is 0. The minimum absolute atomic E-state index is 0. The fraction of sp³-hybridized carbons (Fsp3) is 1.00. The van der Waals surface area contributed by atoms with Crippen molar-refractivity contribution in [3.8, 4) is 0 Å². The molecule has 0 aliphatic rings. The van der Waals surface area contributed by atoms with Crippen LogP contribution in [-0.2, 0) is 37.2 Å². The normalized spacial score (nSPS) is 12.5. The standard InChI is InChI=1S/C2H7O2P.Y/c1-4-5(2)3;/h3H,1-2H3;. The molecule has 0 bridgehead atoms. The van der Waals surface area contributed by atoms with Gasteiger partial charge < -0.3 is 9.42 Å². The summed E-state index contributed by atoms with van der Waals surface area (Å²) in [6.07, 6.45) is 0. The first-order valence-corrected chi connectivity index (χ1v) is 2.90. The van der Waals surface area contributed by atoms with Crippen LogP contribution in [-0.4, -0.2) is 18.7 Å². The molecule has 0 saturated carbocycles. The first-order chi connectivity index (χ1) is 2.27. The predicted molar refractivity (Wildman–Crippen MR) is 22.1 cm³/mol. The van der Waals surface area contributed by atoms with E-state index in [1.807, 2.05) is 0 Å². The van der Waals surface area contributed by atoms with Crippen LogP contribution in [0.2, 0.25) is 0 Å². The smallest absolute Gasteiger partial charge is 0.164 e. The van der Waals surface area contributed by atoms with Crippen molar-refractivity contribution >= 4 is 8.38 Å². The summed E-state index contributed by atoms with van der Waals surface area (Å²) < 4.78 is 4.37. The van der Waals surface area contributed by atoms with Crippen LogP contribution in [0, 0.1) is 0 Å². The van der Waals surface area contributed by atoms with E-state index >= 15 is 0 Å². The molecular weight excluding hydrogens is 176 g/mol. The fourth-order valence-corrected chi connectivity index (χ4v) is 0. The zero-order valence-corrected chi connectivity index (χ0v) is 7.61. The van der Waals surface area contributed by atoms with Crippen LogP contribution in [0.4, 0.5) is 0 Å². The van der Waals surface area contributed by atoms with E-state index in [9.17, 15) is 0 Å². The first kappa shape index (κ1) is 10.4. The maximum absolute atomic E-state index is 8.20. The minimum Gasteiger partial charge on any atom is -0.350 e. The van der Waals surface area contributed by atoms with Crippen LogP contribution in [0.3, 0.4) is 0 Å². The Morgan fingerprint density at radius 1 is 1.67 bits per heavy atom. The molecule has 1 N–H and O–H groups in total. The van der Waals surface area contributed by atoms with Crippen molar-refractivity contribution in [2.75, 3.05) is 13.8 Å². The van der Waals surface area contributed by atoms with Crippen molar-refractivity contribution in [3.05, 3.63) is 0 Å². The van der Waals surface area contributed by atoms with Gasteiger partial charge in [-0.25, -0.2) is 0 Å². The molecule has 0 aliphatic carbocycles. The van der Waals surface area contributed by atoms with Gasteiger partial charge in [0.25, 0.3) is 0 Å². The van der Waals surface area contributed by atoms with Gasteiger partial charge >= 0.3 is 0 Å². The van der Waals surface area contributed by atoms with Gasteiger partial charge in [0.2, 0.25) is 0 Å². The summed E-state index contributed by atoms with van der Waals surface area (Å²) in [7, 11) is 0.380. The molecule has 6 heavy (non-hydrogen) atoms. The quantitative estimate of drug-likeness (QED) is 0.602. The van der Waals surface area contributed by atoms with E-state index in [-0.39, 0.29) is 32.7 Å². The molecule has 0 aromatic heterocycles. The molecular formula is C2H7O2PY. The van der Waals surface area contributed by atoms with Gasteiger partial charge in [0.1, 0.15) is 0 Å². The zero-order valence-electron chi connectivity index (χ0n) is 3.88. The summed E-state index contributed by atoms with van der Waals surface area (Å²) in [6.45, 7) is 1.62. The molecule has 0 fully saturated rings. The van der Waals surface area contributed by atoms with Crippen molar-refractivity contribution in [1.82, 2.24) is 0 Å². The Kier molecular flexibility index (Phi) is 11.2. The summed E-state index contributed by atoms with van der Waals surface area (Å²) in [6, 6.07) is 0. The van der Waals surface area contributed by atoms with E-state index < -0.39 is 8.38 Å². The summed E-state index contributed by atoms with van der Waals surface area (Å²) >= 11 is 0. The summed E-state index contributed by atoms with van der Waals surface area (Å²) in [5.41, 5.74) is 0. The van der Waals surface area contributed by atoms with Crippen molar-refractivity contribution in [2.24, 2.45) is 0 Å². The molecule has 1 unspecified atom stereocenters. The Morgan fingerprint density at radius 2 is 1.83 bits per heavy atom. The Labute approximate surface area is 64.1 Å². The van der Waals surface area contributed by atoms with Crippen LogP contribution in [0.5, 0.6) is 0 Å². The Morgan fingerprint density at radius 3 is 1.83 bits per heavy atom. The Balaban J connectivity index is 0. The van der Waals surface area contributed by atoms with Crippen molar-refractivity contribution < 1.29 is 42.1 Å². The van der Waals surface area contributed by atoms with Gasteiger partial charge in [0.15, 0.2) is 8.38 Å². The topological polar surface area (TPSA) is 29.5 Å². The Bertz CT molecular complexity index is 25.5. The molecule has 0 aliphatic heterocycles. The average molecular weight is 183 g/mol. The predicted octanol–water partition coefficient (Wildman–Crippen LogP) is 0.564. The minimum atomic E-state index is -1.10. The van der Waals surface area contributed by atoms with E-state index in [1.54, 1.807) is 6.66 Å². The monoisotopic (exact) mass is 183 g/mol. The maximum Gasteiger partial charge on any atom is 0.164 e. The second kappa shape index (κ2) is 6.45. The third-order valence-electron chi connectivity index (χ3n) is 0.264. The van der Waals surface area contributed by atoms with Crippen LogP contribution in [0.25, 0.3) is 0 Å². The van der Waals surface area contributed by atoms with E-state index in [2.05, 4.69) is 4.52 Å². The van der Waals surface area contributed by atoms with Crippen molar-refractivity contribution in [3.63, 3.8) is 0 Å². The molecule has 2 nitrogen and oxygen atoms in total. The molecule has 1 atom stereocenters. The van der Waals surface area contributed by atoms with E-state index in [1.165, 1.54) is 7.11 Å². The molecule has 0 rings (SSSR count). The van der Waals surface area contributed by atoms with Gasteiger partial charge in [-0.05, 0) is 0 Å². The zero-order chi connectivity index (χ0) is 4.28. The number of rotatable bonds is 1. The van der Waals surface area contributed by atoms with Gasteiger partial charge in [0.05, 0.1) is 0 Å². The molecule has 4 heteroatoms. The molecule has 0 heterocycles. The molecule has 0 aromatic carbocycles. The van der Waals surface area contributed by atoms with E-state index in [0.717, 1.165) is 0 Å². The molecule has 1 radical (unpaired) electrons. The van der Waals surface area contributed by atoms with E-state index in [0.29, 0.717) is 0 Å². The fourth-order valence-electron chi connectivity index (χ4n) is 0. The van der Waals surface area contributed by atoms with Gasteiger partial charge in [-0.15, -0.1) is 0 Å². The summed E-state index contributed by atoms with van der Waals surface area (Å²) in [5.74, 6) is 0. The molecule has 0 amide bonds. The second-order valence-corrected chi connectivity index (χ2v) is 1.94. The maximum atomic E-state index is 8.20. The molecule has 0 saturated heterocycles. The molecule has 35 valence electrons. The molecule has 0 aromatic rings. The van der Waals surface area contributed by atoms with Crippen LogP contribution in [0.15, 0.2) is 0 Å². The van der Waals surface area contributed by atoms with Crippen molar-refractivity contribution in [2.45, 2.75) is 0 Å². The third kappa shape index (κ3) is 9.07. The average Bonchev–Trinajstić information content (AvgIpc) is 1.38. The third-order valence-corrected chi connectivity index (χ3v) is 0.793. The van der Waals surface area contributed by atoms with Crippen molar-refractivity contribution in [1.29, 1.82) is 0 Å². The van der Waals surface area contributed by atoms with Crippen LogP contribution >= 0.6 is 8.38 Å². The molecule has 0 spiro atoms. The van der Waals surface area contributed by atoms with E-state index in [4.69, 9.17) is 4.89 Å². The van der Waals surface area contributed by atoms with Crippen LogP contribution < -0.4 is 0 Å². The van der Waals surface area contributed by atoms with Gasteiger partial charge in [-0.3, -0.25) is 0 Å². The largest absolute Gasteiger partial charge is 0.350 e. The number of hydrogen-bond acceptors (Lipinski definition) is 2. The first-order valence-electron chi connectivity index (χ1n) is 1.24. The Hall–Kier alpha value is 1.45. The summed E-state index contributed by atoms with van der Waals surface area (Å²) in [4.78, 5) is 8.20. The van der Waals surface area contributed by atoms with Gasteiger partial charge in [0, 0.05) is 46.5 Å². The number of hydrogen-bond donors (Lipinski definition) is 1. The van der Waals surface area contributed by atoms with Crippen LogP contribution in [0.1, 0.15) is 0 Å². The van der Waals surface area contributed by atoms with Gasteiger partial charge in [-0.1, -0.05) is 0 Å².